The van der Waals surface area contributed by atoms with Gasteiger partial charge in [-0.2, -0.15) is 5.26 Å². The van der Waals surface area contributed by atoms with Crippen molar-refractivity contribution in [1.29, 1.82) is 5.26 Å². The van der Waals surface area contributed by atoms with Gasteiger partial charge in [0.1, 0.15) is 6.04 Å². The fourth-order valence-electron chi connectivity index (χ4n) is 1.83. The maximum absolute atomic E-state index is 9.05. The first-order valence-electron chi connectivity index (χ1n) is 5.47. The topological polar surface area (TPSA) is 84.8 Å². The number of nitrogens with zero attached hydrogens (tertiary/aromatic N) is 3. The zero-order valence-corrected chi connectivity index (χ0v) is 13.4. The van der Waals surface area contributed by atoms with Gasteiger partial charge in [-0.1, -0.05) is 0 Å². The Morgan fingerprint density at radius 3 is 2.90 bits per heavy atom. The number of halogens is 1. The van der Waals surface area contributed by atoms with E-state index >= 15 is 0 Å². The fraction of sp³-hybridized carbons (Fsp3) is 0.154. The van der Waals surface area contributed by atoms with Gasteiger partial charge in [0.15, 0.2) is 0 Å². The number of rotatable bonds is 2. The van der Waals surface area contributed by atoms with Crippen LogP contribution in [0.5, 0.6) is 5.88 Å². The number of hydrogen-bond acceptors (Lipinski definition) is 6. The summed E-state index contributed by atoms with van der Waals surface area (Å²) in [6, 6.07) is 1.24. The van der Waals surface area contributed by atoms with E-state index in [2.05, 4.69) is 42.3 Å². The van der Waals surface area contributed by atoms with Crippen molar-refractivity contribution < 1.29 is 4.74 Å². The van der Waals surface area contributed by atoms with Crippen LogP contribution >= 0.6 is 30.1 Å². The second-order valence-corrected chi connectivity index (χ2v) is 5.43. The largest absolute Gasteiger partial charge is 0.480 e. The number of nitriles is 1. The smallest absolute Gasteiger partial charge is 0.229 e. The summed E-state index contributed by atoms with van der Waals surface area (Å²) in [5.74, 6) is 3.41. The fourth-order valence-corrected chi connectivity index (χ4v) is 2.30. The van der Waals surface area contributed by atoms with Crippen molar-refractivity contribution in [3.8, 4) is 23.1 Å². The quantitative estimate of drug-likeness (QED) is 0.621. The lowest BCUT2D eigenvalue weighted by Crippen LogP contribution is -2.09. The van der Waals surface area contributed by atoms with Crippen LogP contribution in [0.15, 0.2) is 18.6 Å². The van der Waals surface area contributed by atoms with Gasteiger partial charge in [-0.25, -0.2) is 4.98 Å². The van der Waals surface area contributed by atoms with Gasteiger partial charge in [0.25, 0.3) is 0 Å². The molecule has 0 aliphatic carbocycles. The van der Waals surface area contributed by atoms with Gasteiger partial charge in [0.05, 0.1) is 18.7 Å². The normalized spacial score (nSPS) is 11.3. The highest BCUT2D eigenvalue weighted by Gasteiger charge is 2.16. The predicted molar refractivity (Wildman–Crippen MR) is 87.1 cm³/mol. The molecule has 1 atom stereocenters. The van der Waals surface area contributed by atoms with Gasteiger partial charge in [-0.05, 0) is 20.1 Å². The molecule has 0 bridgehead atoms. The predicted octanol–water partition coefficient (Wildman–Crippen LogP) is 2.55. The van der Waals surface area contributed by atoms with Gasteiger partial charge in [-0.3, -0.25) is 4.98 Å². The summed E-state index contributed by atoms with van der Waals surface area (Å²) in [6.07, 6.45) is 4.88. The van der Waals surface area contributed by atoms with Crippen molar-refractivity contribution in [3.63, 3.8) is 0 Å². The summed E-state index contributed by atoms with van der Waals surface area (Å²) in [5.41, 5.74) is 7.07. The molecular weight excluding hydrogens is 387 g/mol. The van der Waals surface area contributed by atoms with E-state index in [0.717, 1.165) is 10.8 Å². The molecule has 100 valence electrons. The summed E-state index contributed by atoms with van der Waals surface area (Å²) in [4.78, 5) is 8.30. The standard InChI is InChI=1S/C13H9IN4OS/c1-19-13-9(2-3-20-14)12-8(6-18-13)5-17-7-10(12)11(16)4-15/h5-7,11H,16H2,1H3. The number of hydrogen-bond donors (Lipinski definition) is 1. The minimum absolute atomic E-state index is 0.410. The molecule has 0 spiro atoms. The molecule has 0 fully saturated rings. The zero-order chi connectivity index (χ0) is 14.5. The highest BCUT2D eigenvalue weighted by Crippen LogP contribution is 2.30. The third-order valence-corrected chi connectivity index (χ3v) is 3.51. The molecule has 0 aliphatic heterocycles. The van der Waals surface area contributed by atoms with Gasteiger partial charge >= 0.3 is 0 Å². The second-order valence-electron chi connectivity index (χ2n) is 3.75. The van der Waals surface area contributed by atoms with Crippen molar-refractivity contribution in [2.24, 2.45) is 5.73 Å². The minimum atomic E-state index is -0.772. The van der Waals surface area contributed by atoms with E-state index < -0.39 is 6.04 Å². The molecule has 20 heavy (non-hydrogen) atoms. The highest BCUT2D eigenvalue weighted by atomic mass is 127. The molecule has 5 nitrogen and oxygen atoms in total. The molecule has 1 unspecified atom stereocenters. The number of methoxy groups -OCH3 is 1. The van der Waals surface area contributed by atoms with Crippen molar-refractivity contribution in [1.82, 2.24) is 9.97 Å². The lowest BCUT2D eigenvalue weighted by atomic mass is 10.00. The molecule has 0 aliphatic rings. The Morgan fingerprint density at radius 2 is 2.25 bits per heavy atom. The molecule has 2 aromatic rings. The number of nitrogens with two attached hydrogens (primary N) is 1. The summed E-state index contributed by atoms with van der Waals surface area (Å²) < 4.78 is 5.25. The Labute approximate surface area is 132 Å². The van der Waals surface area contributed by atoms with E-state index in [-0.39, 0.29) is 0 Å². The first-order valence-corrected chi connectivity index (χ1v) is 8.83. The first-order chi connectivity index (χ1) is 9.72. The van der Waals surface area contributed by atoms with Crippen LogP contribution in [-0.4, -0.2) is 17.1 Å². The molecule has 2 aromatic heterocycles. The molecular formula is C13H9IN4OS. The Hall–Kier alpha value is -1.55. The SMILES string of the molecule is COc1ncc2cncc(C(N)C#N)c2c1C#CSI. The van der Waals surface area contributed by atoms with Crippen LogP contribution in [-0.2, 0) is 0 Å². The molecule has 2 rings (SSSR count). The Kier molecular flexibility index (Phi) is 5.01. The van der Waals surface area contributed by atoms with E-state index in [1.54, 1.807) is 18.6 Å². The van der Waals surface area contributed by atoms with Gasteiger partial charge < -0.3 is 10.5 Å². The first kappa shape index (κ1) is 14.9. The van der Waals surface area contributed by atoms with Crippen LogP contribution in [0, 0.1) is 22.5 Å². The Bertz CT molecular complexity index is 748. The summed E-state index contributed by atoms with van der Waals surface area (Å²) in [6.45, 7) is 0. The molecule has 0 aromatic carbocycles. The van der Waals surface area contributed by atoms with Crippen LogP contribution in [0.2, 0.25) is 0 Å². The summed E-state index contributed by atoms with van der Waals surface area (Å²) in [7, 11) is 2.89. The Morgan fingerprint density at radius 1 is 1.45 bits per heavy atom. The maximum Gasteiger partial charge on any atom is 0.229 e. The molecule has 2 N–H and O–H groups in total. The lowest BCUT2D eigenvalue weighted by Gasteiger charge is -2.11. The minimum Gasteiger partial charge on any atom is -0.480 e. The molecule has 7 heteroatoms. The van der Waals surface area contributed by atoms with Crippen molar-refractivity contribution in [3.05, 3.63) is 29.7 Å². The van der Waals surface area contributed by atoms with E-state index in [4.69, 9.17) is 15.7 Å². The second kappa shape index (κ2) is 6.75. The molecule has 0 saturated carbocycles. The Balaban J connectivity index is 2.86. The van der Waals surface area contributed by atoms with E-state index in [9.17, 15) is 0 Å². The maximum atomic E-state index is 9.05. The number of fused-ring (bicyclic) bond motifs is 1. The number of ether oxygens (including phenoxy) is 1. The average Bonchev–Trinajstić information content (AvgIpc) is 2.50. The zero-order valence-electron chi connectivity index (χ0n) is 10.4. The summed E-state index contributed by atoms with van der Waals surface area (Å²) >= 11 is 2.08. The van der Waals surface area contributed by atoms with E-state index in [0.29, 0.717) is 17.0 Å². The van der Waals surface area contributed by atoms with Crippen LogP contribution in [0.4, 0.5) is 0 Å². The summed E-state index contributed by atoms with van der Waals surface area (Å²) in [5, 5.41) is 13.5. The van der Waals surface area contributed by atoms with Crippen molar-refractivity contribution in [2.75, 3.05) is 7.11 Å². The number of pyridine rings is 2. The third kappa shape index (κ3) is 2.80. The average molecular weight is 396 g/mol. The van der Waals surface area contributed by atoms with Gasteiger partial charge in [0.2, 0.25) is 5.88 Å². The lowest BCUT2D eigenvalue weighted by molar-refractivity contribution is 0.397. The van der Waals surface area contributed by atoms with Gasteiger partial charge in [0, 0.05) is 56.1 Å². The van der Waals surface area contributed by atoms with Crippen LogP contribution in [0.25, 0.3) is 10.8 Å². The molecule has 0 saturated heterocycles. The third-order valence-electron chi connectivity index (χ3n) is 2.67. The van der Waals surface area contributed by atoms with E-state index in [1.807, 2.05) is 6.07 Å². The van der Waals surface area contributed by atoms with Crippen molar-refractivity contribution >= 4 is 40.9 Å². The van der Waals surface area contributed by atoms with Crippen LogP contribution in [0.1, 0.15) is 17.2 Å². The number of aromatic nitrogens is 2. The van der Waals surface area contributed by atoms with Crippen LogP contribution < -0.4 is 10.5 Å². The van der Waals surface area contributed by atoms with Gasteiger partial charge in [-0.15, -0.1) is 0 Å². The molecule has 0 radical (unpaired) electrons. The molecule has 2 heterocycles. The van der Waals surface area contributed by atoms with E-state index in [1.165, 1.54) is 16.0 Å². The monoisotopic (exact) mass is 396 g/mol. The molecule has 0 amide bonds. The van der Waals surface area contributed by atoms with Crippen LogP contribution in [0.3, 0.4) is 0 Å². The highest BCUT2D eigenvalue weighted by molar-refractivity contribution is 14.2. The van der Waals surface area contributed by atoms with Crippen molar-refractivity contribution in [2.45, 2.75) is 6.04 Å².